The number of thioether (sulfide) groups is 1. The number of rotatable bonds is 2. The standard InChI is InChI=1S/C13H16ClNO2S/c1-13(2)6-8(4-5-10(13)14)11-15-9(7-18-11)12(16)17-3/h4-6,9-10H,7H2,1-3H3. The molecule has 0 radical (unpaired) electrons. The predicted octanol–water partition coefficient (Wildman–Crippen LogP) is 2.80. The Kier molecular flexibility index (Phi) is 3.87. The van der Waals surface area contributed by atoms with Gasteiger partial charge in [-0.1, -0.05) is 32.1 Å². The van der Waals surface area contributed by atoms with Gasteiger partial charge in [-0.25, -0.2) is 4.79 Å². The number of halogens is 1. The van der Waals surface area contributed by atoms with Gasteiger partial charge in [0.25, 0.3) is 0 Å². The fourth-order valence-corrected chi connectivity index (χ4v) is 3.04. The maximum Gasteiger partial charge on any atom is 0.331 e. The van der Waals surface area contributed by atoms with E-state index in [4.69, 9.17) is 16.3 Å². The largest absolute Gasteiger partial charge is 0.467 e. The van der Waals surface area contributed by atoms with Crippen LogP contribution in [0.25, 0.3) is 0 Å². The smallest absolute Gasteiger partial charge is 0.331 e. The molecule has 0 bridgehead atoms. The molecule has 0 aromatic carbocycles. The van der Waals surface area contributed by atoms with Crippen molar-refractivity contribution in [2.24, 2.45) is 10.4 Å². The van der Waals surface area contributed by atoms with Crippen LogP contribution in [0.3, 0.4) is 0 Å². The highest BCUT2D eigenvalue weighted by atomic mass is 35.5. The van der Waals surface area contributed by atoms with Gasteiger partial charge < -0.3 is 4.74 Å². The van der Waals surface area contributed by atoms with Crippen molar-refractivity contribution >= 4 is 34.4 Å². The molecule has 0 amide bonds. The van der Waals surface area contributed by atoms with Crippen molar-refractivity contribution in [3.8, 4) is 0 Å². The molecular weight excluding hydrogens is 270 g/mol. The van der Waals surface area contributed by atoms with Crippen LogP contribution in [0.1, 0.15) is 13.8 Å². The van der Waals surface area contributed by atoms with E-state index in [9.17, 15) is 4.79 Å². The minimum Gasteiger partial charge on any atom is -0.467 e. The van der Waals surface area contributed by atoms with Crippen molar-refractivity contribution in [3.05, 3.63) is 23.8 Å². The third kappa shape index (κ3) is 2.64. The molecule has 1 aliphatic carbocycles. The van der Waals surface area contributed by atoms with E-state index in [1.54, 1.807) is 11.8 Å². The molecule has 2 unspecified atom stereocenters. The van der Waals surface area contributed by atoms with Crippen LogP contribution in [0.2, 0.25) is 0 Å². The van der Waals surface area contributed by atoms with Crippen LogP contribution in [0.15, 0.2) is 28.8 Å². The number of methoxy groups -OCH3 is 1. The van der Waals surface area contributed by atoms with Crippen molar-refractivity contribution in [2.45, 2.75) is 25.3 Å². The summed E-state index contributed by atoms with van der Waals surface area (Å²) in [5.74, 6) is 0.380. The Morgan fingerprint density at radius 1 is 1.61 bits per heavy atom. The minimum absolute atomic E-state index is 0.00958. The molecule has 0 saturated carbocycles. The van der Waals surface area contributed by atoms with Crippen LogP contribution in [0.4, 0.5) is 0 Å². The highest BCUT2D eigenvalue weighted by molar-refractivity contribution is 8.14. The summed E-state index contributed by atoms with van der Waals surface area (Å²) < 4.78 is 4.71. The molecule has 0 spiro atoms. The Morgan fingerprint density at radius 3 is 2.94 bits per heavy atom. The molecule has 0 N–H and O–H groups in total. The maximum atomic E-state index is 11.4. The van der Waals surface area contributed by atoms with E-state index in [1.165, 1.54) is 7.11 Å². The van der Waals surface area contributed by atoms with Crippen LogP contribution in [0.5, 0.6) is 0 Å². The van der Waals surface area contributed by atoms with Crippen LogP contribution >= 0.6 is 23.4 Å². The monoisotopic (exact) mass is 285 g/mol. The van der Waals surface area contributed by atoms with E-state index in [0.717, 1.165) is 10.6 Å². The number of hydrogen-bond acceptors (Lipinski definition) is 4. The summed E-state index contributed by atoms with van der Waals surface area (Å²) in [5.41, 5.74) is 0.950. The summed E-state index contributed by atoms with van der Waals surface area (Å²) in [4.78, 5) is 15.8. The van der Waals surface area contributed by atoms with Gasteiger partial charge in [0.2, 0.25) is 0 Å². The lowest BCUT2D eigenvalue weighted by Crippen LogP contribution is -2.24. The Bertz CT molecular complexity index is 454. The van der Waals surface area contributed by atoms with Crippen molar-refractivity contribution < 1.29 is 9.53 Å². The molecule has 2 rings (SSSR count). The number of allylic oxidation sites excluding steroid dienone is 3. The SMILES string of the molecule is COC(=O)C1CSC(C2=CC(C)(C)C(Cl)C=C2)=N1. The molecule has 18 heavy (non-hydrogen) atoms. The molecule has 5 heteroatoms. The second-order valence-corrected chi connectivity index (χ2v) is 6.45. The Labute approximate surface area is 116 Å². The molecule has 1 heterocycles. The van der Waals surface area contributed by atoms with E-state index in [-0.39, 0.29) is 22.8 Å². The van der Waals surface area contributed by atoms with Gasteiger partial charge in [-0.15, -0.1) is 23.4 Å². The van der Waals surface area contributed by atoms with Crippen LogP contribution in [-0.4, -0.2) is 35.3 Å². The van der Waals surface area contributed by atoms with Crippen molar-refractivity contribution in [2.75, 3.05) is 12.9 Å². The van der Waals surface area contributed by atoms with Crippen LogP contribution < -0.4 is 0 Å². The van der Waals surface area contributed by atoms with Gasteiger partial charge in [-0.05, 0) is 0 Å². The first-order valence-electron chi connectivity index (χ1n) is 5.78. The lowest BCUT2D eigenvalue weighted by Gasteiger charge is -2.28. The predicted molar refractivity (Wildman–Crippen MR) is 76.3 cm³/mol. The van der Waals surface area contributed by atoms with Crippen molar-refractivity contribution in [1.29, 1.82) is 0 Å². The highest BCUT2D eigenvalue weighted by Gasteiger charge is 2.31. The number of carbonyl (C=O) groups excluding carboxylic acids is 1. The third-order valence-corrected chi connectivity index (χ3v) is 4.86. The summed E-state index contributed by atoms with van der Waals surface area (Å²) in [7, 11) is 1.39. The zero-order chi connectivity index (χ0) is 13.3. The third-order valence-electron chi connectivity index (χ3n) is 3.05. The van der Waals surface area contributed by atoms with Gasteiger partial charge in [-0.3, -0.25) is 4.99 Å². The molecule has 0 aromatic rings. The Morgan fingerprint density at radius 2 is 2.33 bits per heavy atom. The Balaban J connectivity index is 2.19. The van der Waals surface area contributed by atoms with Crippen LogP contribution in [0, 0.1) is 5.41 Å². The molecule has 2 aliphatic rings. The van der Waals surface area contributed by atoms with Gasteiger partial charge in [-0.2, -0.15) is 0 Å². The number of esters is 1. The average Bonchev–Trinajstić information content (AvgIpc) is 2.81. The first-order chi connectivity index (χ1) is 8.44. The molecule has 1 aliphatic heterocycles. The first-order valence-corrected chi connectivity index (χ1v) is 7.20. The summed E-state index contributed by atoms with van der Waals surface area (Å²) in [5, 5.41) is 0.892. The fraction of sp³-hybridized carbons (Fsp3) is 0.538. The quantitative estimate of drug-likeness (QED) is 0.578. The second kappa shape index (κ2) is 5.10. The summed E-state index contributed by atoms with van der Waals surface area (Å²) in [6.07, 6.45) is 6.08. The zero-order valence-electron chi connectivity index (χ0n) is 10.6. The second-order valence-electron chi connectivity index (χ2n) is 4.97. The number of alkyl halides is 1. The molecular formula is C13H16ClNO2S. The average molecular weight is 286 g/mol. The van der Waals surface area contributed by atoms with E-state index in [1.807, 2.05) is 12.2 Å². The lowest BCUT2D eigenvalue weighted by atomic mass is 9.83. The van der Waals surface area contributed by atoms with Gasteiger partial charge in [0.05, 0.1) is 17.5 Å². The molecule has 0 aromatic heterocycles. The maximum absolute atomic E-state index is 11.4. The van der Waals surface area contributed by atoms with Crippen molar-refractivity contribution in [3.63, 3.8) is 0 Å². The molecule has 0 saturated heterocycles. The first kappa shape index (κ1) is 13.7. The van der Waals surface area contributed by atoms with Crippen LogP contribution in [-0.2, 0) is 9.53 Å². The van der Waals surface area contributed by atoms with Gasteiger partial charge in [0.1, 0.15) is 0 Å². The highest BCUT2D eigenvalue weighted by Crippen LogP contribution is 2.36. The Hall–Kier alpha value is -0.740. The summed E-state index contributed by atoms with van der Waals surface area (Å²) >= 11 is 7.82. The summed E-state index contributed by atoms with van der Waals surface area (Å²) in [6.45, 7) is 4.18. The van der Waals surface area contributed by atoms with E-state index >= 15 is 0 Å². The van der Waals surface area contributed by atoms with Gasteiger partial charge >= 0.3 is 5.97 Å². The molecule has 0 fully saturated rings. The van der Waals surface area contributed by atoms with Gasteiger partial charge in [0.15, 0.2) is 6.04 Å². The number of aliphatic imine (C=N–C) groups is 1. The lowest BCUT2D eigenvalue weighted by molar-refractivity contribution is -0.141. The normalized spacial score (nSPS) is 29.8. The molecule has 98 valence electrons. The number of carbonyl (C=O) groups is 1. The zero-order valence-corrected chi connectivity index (χ0v) is 12.2. The van der Waals surface area contributed by atoms with Gasteiger partial charge in [0, 0.05) is 16.7 Å². The fourth-order valence-electron chi connectivity index (χ4n) is 1.89. The van der Waals surface area contributed by atoms with E-state index in [0.29, 0.717) is 5.75 Å². The number of hydrogen-bond donors (Lipinski definition) is 0. The van der Waals surface area contributed by atoms with E-state index in [2.05, 4.69) is 24.9 Å². The van der Waals surface area contributed by atoms with E-state index < -0.39 is 0 Å². The van der Waals surface area contributed by atoms with Crippen molar-refractivity contribution in [1.82, 2.24) is 0 Å². The number of nitrogens with zero attached hydrogens (tertiary/aromatic N) is 1. The minimum atomic E-state index is -0.374. The number of ether oxygens (including phenoxy) is 1. The molecule has 3 nitrogen and oxygen atoms in total. The topological polar surface area (TPSA) is 38.7 Å². The molecule has 2 atom stereocenters. The summed E-state index contributed by atoms with van der Waals surface area (Å²) in [6, 6.07) is -0.374.